The molecule has 12 heteroatoms. The van der Waals surface area contributed by atoms with Crippen molar-refractivity contribution in [2.75, 3.05) is 0 Å². The van der Waals surface area contributed by atoms with Crippen molar-refractivity contribution >= 4 is 69.1 Å². The minimum atomic E-state index is -0.200. The van der Waals surface area contributed by atoms with Crippen molar-refractivity contribution in [3.63, 3.8) is 0 Å². The first-order valence-electron chi connectivity index (χ1n) is 10.5. The summed E-state index contributed by atoms with van der Waals surface area (Å²) >= 11 is 14.1. The first-order valence-corrected chi connectivity index (χ1v) is 12.6. The van der Waals surface area contributed by atoms with Gasteiger partial charge in [-0.3, -0.25) is 20.2 Å². The van der Waals surface area contributed by atoms with Crippen LogP contribution in [0.2, 0.25) is 0 Å². The van der Waals surface area contributed by atoms with Crippen LogP contribution in [0.15, 0.2) is 98.7 Å². The zero-order chi connectivity index (χ0) is 26.5. The number of nitrogens with one attached hydrogen (secondary N) is 3. The molecule has 3 rings (SSSR count). The van der Waals surface area contributed by atoms with Crippen LogP contribution in [0.25, 0.3) is 0 Å². The zero-order valence-electron chi connectivity index (χ0n) is 20.0. The van der Waals surface area contributed by atoms with Crippen molar-refractivity contribution in [1.29, 1.82) is 0 Å². The number of carbonyl (C=O) groups is 1. The predicted molar refractivity (Wildman–Crippen MR) is 150 cm³/mol. The largest absolute Gasteiger partial charge is 1.00 e. The van der Waals surface area contributed by atoms with Crippen LogP contribution in [0, 0.1) is 13.8 Å². The Morgan fingerprint density at radius 1 is 0.919 bits per heavy atom. The Labute approximate surface area is 251 Å². The molecule has 7 nitrogen and oxygen atoms in total. The molecule has 3 N–H and O–H groups in total. The van der Waals surface area contributed by atoms with Gasteiger partial charge in [0, 0.05) is 22.5 Å². The van der Waals surface area contributed by atoms with E-state index in [0.29, 0.717) is 11.1 Å². The summed E-state index contributed by atoms with van der Waals surface area (Å²) in [6.45, 7) is 5.86. The van der Waals surface area contributed by atoms with Gasteiger partial charge in [0.05, 0.1) is 17.6 Å². The first kappa shape index (κ1) is 32.5. The van der Waals surface area contributed by atoms with Crippen molar-refractivity contribution in [2.24, 2.45) is 15.1 Å². The molecule has 0 heterocycles. The molecule has 37 heavy (non-hydrogen) atoms. The Hall–Kier alpha value is -2.49. The molecule has 0 spiro atoms. The fraction of sp³-hybridized carbons (Fsp3) is 0.120. The maximum Gasteiger partial charge on any atom is 1.00 e. The average Bonchev–Trinajstić information content (AvgIpc) is 2.83. The summed E-state index contributed by atoms with van der Waals surface area (Å²) in [5.41, 5.74) is 13.7. The van der Waals surface area contributed by atoms with Gasteiger partial charge in [-0.05, 0) is 79.1 Å². The summed E-state index contributed by atoms with van der Waals surface area (Å²) in [7, 11) is 4.20. The summed E-state index contributed by atoms with van der Waals surface area (Å²) in [5.74, 6) is -0.200. The number of rotatable bonds is 6. The van der Waals surface area contributed by atoms with Gasteiger partial charge in [0.1, 0.15) is 0 Å². The van der Waals surface area contributed by atoms with Crippen molar-refractivity contribution in [3.05, 3.63) is 94.7 Å². The first-order chi connectivity index (χ1) is 17.3. The number of halogens is 1. The van der Waals surface area contributed by atoms with Crippen LogP contribution in [-0.4, -0.2) is 22.3 Å². The molecule has 0 atom stereocenters. The SMILES string of the molecule is CC1=C/C(=C/NNC([S-])=Nc2cccc(C)c2)C(=O)C(/C=N\NC([S-])=Nc2cccc(C)c2)=C1.[Cl][Cu+].[Cu+]. The molecular weight excluding hydrogens is 627 g/mol. The van der Waals surface area contributed by atoms with E-state index in [1.807, 2.05) is 69.3 Å². The fourth-order valence-corrected chi connectivity index (χ4v) is 3.37. The average molecular weight is 651 g/mol. The van der Waals surface area contributed by atoms with Gasteiger partial charge in [0.25, 0.3) is 0 Å². The van der Waals surface area contributed by atoms with Crippen molar-refractivity contribution in [2.45, 2.75) is 20.8 Å². The van der Waals surface area contributed by atoms with Crippen LogP contribution in [0.4, 0.5) is 11.4 Å². The van der Waals surface area contributed by atoms with Gasteiger partial charge in [0.2, 0.25) is 0 Å². The third-order valence-corrected chi connectivity index (χ3v) is 4.90. The third kappa shape index (κ3) is 11.6. The van der Waals surface area contributed by atoms with Crippen molar-refractivity contribution in [1.82, 2.24) is 16.3 Å². The third-order valence-electron chi connectivity index (χ3n) is 4.53. The molecule has 0 saturated heterocycles. The van der Waals surface area contributed by atoms with E-state index in [9.17, 15) is 4.79 Å². The normalized spacial score (nSPS) is 14.8. The van der Waals surface area contributed by atoms with Crippen LogP contribution in [0.1, 0.15) is 18.1 Å². The van der Waals surface area contributed by atoms with E-state index >= 15 is 0 Å². The molecule has 2 aromatic rings. The molecule has 1 aliphatic rings. The van der Waals surface area contributed by atoms with E-state index < -0.39 is 0 Å². The number of hydrogen-bond donors (Lipinski definition) is 3. The molecule has 0 unspecified atom stereocenters. The number of Topliss-reactive ketones (excluding diaryl/α,β-unsaturated/α-hetero) is 1. The number of hydrazine groups is 1. The van der Waals surface area contributed by atoms with Gasteiger partial charge in [-0.25, -0.2) is 0 Å². The molecule has 201 valence electrons. The van der Waals surface area contributed by atoms with Gasteiger partial charge < -0.3 is 36.1 Å². The molecule has 0 fully saturated rings. The number of benzene rings is 2. The van der Waals surface area contributed by atoms with Crippen LogP contribution in [-0.2, 0) is 62.2 Å². The summed E-state index contributed by atoms with van der Waals surface area (Å²) in [6.07, 6.45) is 6.47. The Bertz CT molecular complexity index is 1280. The summed E-state index contributed by atoms with van der Waals surface area (Å²) in [4.78, 5) is 21.4. The van der Waals surface area contributed by atoms with Gasteiger partial charge >= 0.3 is 42.3 Å². The molecule has 0 amide bonds. The van der Waals surface area contributed by atoms with Crippen LogP contribution in [0.5, 0.6) is 0 Å². The van der Waals surface area contributed by atoms with E-state index in [1.165, 1.54) is 12.4 Å². The second-order valence-electron chi connectivity index (χ2n) is 7.57. The fourth-order valence-electron chi connectivity index (χ4n) is 3.05. The van der Waals surface area contributed by atoms with Crippen molar-refractivity contribution in [3.8, 4) is 0 Å². The smallest absolute Gasteiger partial charge is 1.00 e. The van der Waals surface area contributed by atoms with Crippen molar-refractivity contribution < 1.29 is 37.0 Å². The summed E-state index contributed by atoms with van der Waals surface area (Å²) in [5, 5.41) is 4.52. The molecule has 1 aliphatic carbocycles. The van der Waals surface area contributed by atoms with Crippen LogP contribution in [0.3, 0.4) is 0 Å². The zero-order valence-corrected chi connectivity index (χ0v) is 24.2. The Morgan fingerprint density at radius 3 is 2.05 bits per heavy atom. The monoisotopic (exact) mass is 649 g/mol. The number of carbonyl (C=O) groups excluding carboxylic acids is 1. The number of aryl methyl sites for hydroxylation is 2. The molecular formula is C25H24ClCu2N6OS2. The number of hydrazone groups is 1. The Kier molecular flexibility index (Phi) is 15.0. The molecule has 0 aromatic heterocycles. The number of ketones is 1. The Morgan fingerprint density at radius 2 is 1.49 bits per heavy atom. The molecule has 0 aliphatic heterocycles. The quantitative estimate of drug-likeness (QED) is 0.104. The maximum absolute atomic E-state index is 12.8. The second-order valence-corrected chi connectivity index (χ2v) is 8.34. The van der Waals surface area contributed by atoms with Crippen LogP contribution < -0.4 is 16.3 Å². The summed E-state index contributed by atoms with van der Waals surface area (Å²) in [6, 6.07) is 15.3. The second kappa shape index (κ2) is 17.1. The minimum Gasteiger partial charge on any atom is 1.00 e. The number of nitrogens with zero attached hydrogens (tertiary/aromatic N) is 3. The number of hydrogen-bond acceptors (Lipinski definition) is 7. The Balaban J connectivity index is 0.00000223. The van der Waals surface area contributed by atoms with Gasteiger partial charge in [-0.1, -0.05) is 24.3 Å². The van der Waals surface area contributed by atoms with E-state index in [2.05, 4.69) is 56.6 Å². The molecule has 0 bridgehead atoms. The predicted octanol–water partition coefficient (Wildman–Crippen LogP) is 4.77. The van der Waals surface area contributed by atoms with Gasteiger partial charge in [-0.15, -0.1) is 0 Å². The molecule has 0 radical (unpaired) electrons. The van der Waals surface area contributed by atoms with Gasteiger partial charge in [-0.2, -0.15) is 5.10 Å². The number of allylic oxidation sites excluding steroid dienone is 5. The van der Waals surface area contributed by atoms with Crippen LogP contribution >= 0.6 is 10.1 Å². The standard InChI is InChI=1S/C25H26N6OS2.ClH.2Cu/c1-16-6-4-8-21(12-16)28-24(33)30-26-14-19-10-18(3)11-20(23(19)32)15-27-31-25(34)29-22-9-5-7-17(2)13-22;;;/h4-15,26H,1-3H3,(H2,28,30,33)(H2,29,31,34);1H;;/q;;+1;+2/p-3/b19-14-,27-15-;;;. The van der Waals surface area contributed by atoms with E-state index in [0.717, 1.165) is 28.1 Å². The minimum absolute atomic E-state index is 0. The van der Waals surface area contributed by atoms with E-state index in [-0.39, 0.29) is 33.2 Å². The summed E-state index contributed by atoms with van der Waals surface area (Å²) < 4.78 is 0. The maximum atomic E-state index is 12.8. The topological polar surface area (TPSA) is 90.2 Å². The van der Waals surface area contributed by atoms with E-state index in [4.69, 9.17) is 25.3 Å². The number of aliphatic imine (C=N–C) groups is 2. The van der Waals surface area contributed by atoms with E-state index in [1.54, 1.807) is 12.2 Å². The molecule has 2 aromatic carbocycles. The molecule has 0 saturated carbocycles. The van der Waals surface area contributed by atoms with Gasteiger partial charge in [0.15, 0.2) is 5.78 Å². The number of amidine groups is 2.